The maximum absolute atomic E-state index is 13.4. The number of ketones is 1. The molecule has 0 radical (unpaired) electrons. The molecule has 1 heterocycles. The van der Waals surface area contributed by atoms with Crippen molar-refractivity contribution in [1.29, 1.82) is 0 Å². The molecule has 0 spiro atoms. The molecule has 0 aliphatic carbocycles. The van der Waals surface area contributed by atoms with E-state index in [1.807, 2.05) is 6.92 Å². The molecule has 0 aliphatic heterocycles. The Kier molecular flexibility index (Phi) is 9.67. The van der Waals surface area contributed by atoms with E-state index in [1.165, 1.54) is 39.0 Å². The topological polar surface area (TPSA) is 68.2 Å². The summed E-state index contributed by atoms with van der Waals surface area (Å²) in [6.45, 7) is 6.22. The lowest BCUT2D eigenvalue weighted by Crippen LogP contribution is -2.26. The van der Waals surface area contributed by atoms with Gasteiger partial charge in [-0.1, -0.05) is 57.0 Å². The third kappa shape index (κ3) is 6.82. The number of nitrogens with one attached hydrogen (secondary N) is 1. The summed E-state index contributed by atoms with van der Waals surface area (Å²) in [7, 11) is 0. The first-order valence-electron chi connectivity index (χ1n) is 12.5. The van der Waals surface area contributed by atoms with Crippen LogP contribution in [0.4, 0.5) is 0 Å². The number of carbonyl (C=O) groups is 3. The monoisotopic (exact) mass is 494 g/mol. The number of hydrogen-bond donors (Lipinski definition) is 1. The highest BCUT2D eigenvalue weighted by Crippen LogP contribution is 2.29. The van der Waals surface area contributed by atoms with E-state index in [-0.39, 0.29) is 24.0 Å². The fraction of sp³-hybridized carbons (Fsp3) is 0.414. The van der Waals surface area contributed by atoms with Crippen molar-refractivity contribution in [1.82, 2.24) is 9.88 Å². The second kappa shape index (κ2) is 12.7. The fourth-order valence-electron chi connectivity index (χ4n) is 4.44. The Labute approximate surface area is 212 Å². The summed E-state index contributed by atoms with van der Waals surface area (Å²) in [5.41, 5.74) is 3.20. The van der Waals surface area contributed by atoms with Gasteiger partial charge in [0.05, 0.1) is 11.9 Å². The van der Waals surface area contributed by atoms with Gasteiger partial charge in [0.15, 0.2) is 5.78 Å². The molecule has 1 N–H and O–H groups in total. The van der Waals surface area contributed by atoms with Crippen molar-refractivity contribution in [2.75, 3.05) is 6.54 Å². The number of amides is 1. The number of carbonyl (C=O) groups excluding carboxylic acids is 3. The van der Waals surface area contributed by atoms with E-state index in [4.69, 9.17) is 11.6 Å². The van der Waals surface area contributed by atoms with Gasteiger partial charge in [0.1, 0.15) is 0 Å². The molecule has 0 atom stereocenters. The molecule has 1 aromatic heterocycles. The van der Waals surface area contributed by atoms with E-state index in [2.05, 4.69) is 12.2 Å². The van der Waals surface area contributed by atoms with Gasteiger partial charge < -0.3 is 5.32 Å². The van der Waals surface area contributed by atoms with Crippen molar-refractivity contribution in [2.24, 2.45) is 0 Å². The van der Waals surface area contributed by atoms with E-state index in [1.54, 1.807) is 47.0 Å². The van der Waals surface area contributed by atoms with Crippen LogP contribution >= 0.6 is 11.6 Å². The predicted molar refractivity (Wildman–Crippen MR) is 143 cm³/mol. The highest BCUT2D eigenvalue weighted by atomic mass is 35.5. The van der Waals surface area contributed by atoms with Gasteiger partial charge in [-0.05, 0) is 68.3 Å². The average molecular weight is 495 g/mol. The lowest BCUT2D eigenvalue weighted by atomic mass is 10.0. The van der Waals surface area contributed by atoms with Crippen LogP contribution in [0.15, 0.2) is 42.5 Å². The molecule has 6 heteroatoms. The fourth-order valence-corrected chi connectivity index (χ4v) is 4.57. The van der Waals surface area contributed by atoms with Gasteiger partial charge in [0.25, 0.3) is 5.91 Å². The van der Waals surface area contributed by atoms with Crippen LogP contribution in [0, 0.1) is 6.92 Å². The minimum atomic E-state index is -0.200. The number of fused-ring (bicyclic) bond motifs is 1. The summed E-state index contributed by atoms with van der Waals surface area (Å²) < 4.78 is 1.63. The number of rotatable bonds is 12. The van der Waals surface area contributed by atoms with Crippen LogP contribution in [-0.4, -0.2) is 28.7 Å². The van der Waals surface area contributed by atoms with Gasteiger partial charge in [0.2, 0.25) is 5.91 Å². The zero-order valence-electron chi connectivity index (χ0n) is 21.0. The number of benzene rings is 2. The number of unbranched alkanes of at least 4 members (excludes halogenated alkanes) is 6. The van der Waals surface area contributed by atoms with Crippen LogP contribution in [0.25, 0.3) is 10.9 Å². The molecule has 0 saturated carbocycles. The van der Waals surface area contributed by atoms with E-state index < -0.39 is 0 Å². The minimum absolute atomic E-state index is 0.0596. The molecular weight excluding hydrogens is 460 g/mol. The third-order valence-corrected chi connectivity index (χ3v) is 6.73. The first-order valence-corrected chi connectivity index (χ1v) is 12.9. The Morgan fingerprint density at radius 3 is 2.17 bits per heavy atom. The normalized spacial score (nSPS) is 11.1. The van der Waals surface area contributed by atoms with Gasteiger partial charge in [0, 0.05) is 33.8 Å². The third-order valence-electron chi connectivity index (χ3n) is 6.48. The highest BCUT2D eigenvalue weighted by Gasteiger charge is 2.22. The lowest BCUT2D eigenvalue weighted by molar-refractivity contribution is -0.120. The zero-order chi connectivity index (χ0) is 25.4. The first kappa shape index (κ1) is 26.7. The Hall–Kier alpha value is -2.92. The van der Waals surface area contributed by atoms with Gasteiger partial charge in [-0.25, -0.2) is 0 Å². The van der Waals surface area contributed by atoms with E-state index in [9.17, 15) is 14.4 Å². The summed E-state index contributed by atoms with van der Waals surface area (Å²) >= 11 is 5.99. The smallest absolute Gasteiger partial charge is 0.262 e. The molecular formula is C29H35ClN2O3. The SMILES string of the molecule is CCCCCCCCCNC(=O)Cc1c(C)n(C(=O)c2ccc(Cl)cc2)c2ccc(C(C)=O)cc12. The number of hydrogen-bond acceptors (Lipinski definition) is 3. The standard InChI is InChI=1S/C29H35ClN2O3/c1-4-5-6-7-8-9-10-17-31-28(34)19-25-20(2)32(29(35)22-11-14-24(30)15-12-22)27-16-13-23(21(3)33)18-26(25)27/h11-16,18H,4-10,17,19H2,1-3H3,(H,31,34). The molecule has 0 fully saturated rings. The van der Waals surface area contributed by atoms with Gasteiger partial charge in [-0.15, -0.1) is 0 Å². The Morgan fingerprint density at radius 2 is 1.51 bits per heavy atom. The average Bonchev–Trinajstić information content (AvgIpc) is 3.11. The van der Waals surface area contributed by atoms with Gasteiger partial charge >= 0.3 is 0 Å². The molecule has 35 heavy (non-hydrogen) atoms. The van der Waals surface area contributed by atoms with Crippen LogP contribution in [0.2, 0.25) is 5.02 Å². The van der Waals surface area contributed by atoms with E-state index in [0.29, 0.717) is 33.9 Å². The first-order chi connectivity index (χ1) is 16.8. The van der Waals surface area contributed by atoms with Crippen molar-refractivity contribution >= 4 is 40.1 Å². The van der Waals surface area contributed by atoms with Crippen LogP contribution in [0.5, 0.6) is 0 Å². The van der Waals surface area contributed by atoms with Crippen LogP contribution in [0.1, 0.15) is 90.8 Å². The number of halogens is 1. The van der Waals surface area contributed by atoms with Crippen molar-refractivity contribution in [3.8, 4) is 0 Å². The summed E-state index contributed by atoms with van der Waals surface area (Å²) in [6, 6.07) is 12.0. The highest BCUT2D eigenvalue weighted by molar-refractivity contribution is 6.30. The predicted octanol–water partition coefficient (Wildman–Crippen LogP) is 6.90. The molecule has 3 rings (SSSR count). The van der Waals surface area contributed by atoms with E-state index >= 15 is 0 Å². The lowest BCUT2D eigenvalue weighted by Gasteiger charge is -2.08. The van der Waals surface area contributed by atoms with Crippen molar-refractivity contribution < 1.29 is 14.4 Å². The maximum atomic E-state index is 13.4. The molecule has 0 aliphatic rings. The number of nitrogens with zero attached hydrogens (tertiary/aromatic N) is 1. The molecule has 5 nitrogen and oxygen atoms in total. The summed E-state index contributed by atoms with van der Waals surface area (Å²) in [5, 5.41) is 4.33. The minimum Gasteiger partial charge on any atom is -0.356 e. The zero-order valence-corrected chi connectivity index (χ0v) is 21.7. The molecule has 3 aromatic rings. The number of aromatic nitrogens is 1. The molecule has 0 bridgehead atoms. The van der Waals surface area contributed by atoms with Crippen molar-refractivity contribution in [3.63, 3.8) is 0 Å². The van der Waals surface area contributed by atoms with Crippen LogP contribution in [0.3, 0.4) is 0 Å². The second-order valence-electron chi connectivity index (χ2n) is 9.15. The van der Waals surface area contributed by atoms with Gasteiger partial charge in [-0.3, -0.25) is 19.0 Å². The maximum Gasteiger partial charge on any atom is 0.262 e. The Bertz CT molecular complexity index is 1190. The molecule has 0 saturated heterocycles. The van der Waals surface area contributed by atoms with Crippen molar-refractivity contribution in [3.05, 3.63) is 69.9 Å². The Balaban J connectivity index is 1.79. The Morgan fingerprint density at radius 1 is 0.886 bits per heavy atom. The summed E-state index contributed by atoms with van der Waals surface area (Å²) in [5.74, 6) is -0.338. The van der Waals surface area contributed by atoms with Gasteiger partial charge in [-0.2, -0.15) is 0 Å². The van der Waals surface area contributed by atoms with Crippen LogP contribution < -0.4 is 5.32 Å². The summed E-state index contributed by atoms with van der Waals surface area (Å²) in [6.07, 6.45) is 8.48. The van der Waals surface area contributed by atoms with Crippen molar-refractivity contribution in [2.45, 2.75) is 72.1 Å². The molecule has 1 amide bonds. The number of Topliss-reactive ketones (excluding diaryl/α,β-unsaturated/α-hetero) is 1. The van der Waals surface area contributed by atoms with E-state index in [0.717, 1.165) is 23.8 Å². The molecule has 2 aromatic carbocycles. The molecule has 186 valence electrons. The molecule has 0 unspecified atom stereocenters. The largest absolute Gasteiger partial charge is 0.356 e. The quantitative estimate of drug-likeness (QED) is 0.220. The second-order valence-corrected chi connectivity index (χ2v) is 9.58. The summed E-state index contributed by atoms with van der Waals surface area (Å²) in [4.78, 5) is 38.2. The van der Waals surface area contributed by atoms with Crippen LogP contribution in [-0.2, 0) is 11.2 Å².